The van der Waals surface area contributed by atoms with E-state index < -0.39 is 28.5 Å². The summed E-state index contributed by atoms with van der Waals surface area (Å²) in [5.74, 6) is -4.06. The minimum Gasteiger partial charge on any atom is -0.503 e. The van der Waals surface area contributed by atoms with Gasteiger partial charge in [0.25, 0.3) is 17.7 Å². The van der Waals surface area contributed by atoms with E-state index in [1.54, 1.807) is 31.1 Å². The van der Waals surface area contributed by atoms with E-state index in [4.69, 9.17) is 15.6 Å². The van der Waals surface area contributed by atoms with Crippen molar-refractivity contribution >= 4 is 23.7 Å². The fourth-order valence-electron chi connectivity index (χ4n) is 7.59. The number of pyridine rings is 2. The van der Waals surface area contributed by atoms with Gasteiger partial charge in [-0.2, -0.15) is 0 Å². The maximum Gasteiger partial charge on any atom is 0.341 e. The molecule has 306 valence electrons. The molecule has 4 bridgehead atoms. The van der Waals surface area contributed by atoms with E-state index in [1.165, 1.54) is 55.9 Å². The van der Waals surface area contributed by atoms with Gasteiger partial charge in [0.2, 0.25) is 10.9 Å². The summed E-state index contributed by atoms with van der Waals surface area (Å²) in [6, 6.07) is 11.7. The second-order valence-electron chi connectivity index (χ2n) is 14.4. The Bertz CT molecular complexity index is 2330. The highest BCUT2D eigenvalue weighted by Gasteiger charge is 2.38. The Labute approximate surface area is 331 Å². The summed E-state index contributed by atoms with van der Waals surface area (Å²) in [7, 11) is 1.28. The standard InChI is InChI=1S/C20H20FN3O4.C14H16N2O5.C7H8FN/c21-13-6-4-12(5-7-13)9-22-19(27)15-11-24-14-3-1-2-8-23(10-14)20(28)16(24)18(26)17(15)25;1-21-12-10-13(18)15-5-3-2-4-8(6-15)16(10)7-9(11(12)17)14(19)20;8-7-3-1-6(5-9)2-4-7/h4-7,11,14,26H,1-3,8-10H2,(H,22,27);7-8H,2-6H2,1H3,(H,19,20);1-4H,5,9H2/t14-;8-;/m00./s1. The summed E-state index contributed by atoms with van der Waals surface area (Å²) < 4.78 is 33.4. The number of amides is 3. The number of fused-ring (bicyclic) bond motifs is 8. The highest BCUT2D eigenvalue weighted by Crippen LogP contribution is 2.33. The van der Waals surface area contributed by atoms with Crippen LogP contribution in [0.5, 0.6) is 11.5 Å². The lowest BCUT2D eigenvalue weighted by Crippen LogP contribution is -2.44. The number of benzene rings is 2. The van der Waals surface area contributed by atoms with Gasteiger partial charge in [0.05, 0.1) is 19.2 Å². The largest absolute Gasteiger partial charge is 0.503 e. The molecule has 2 atom stereocenters. The molecule has 0 aliphatic carbocycles. The number of carboxylic acids is 1. The molecule has 2 saturated heterocycles. The summed E-state index contributed by atoms with van der Waals surface area (Å²) in [4.78, 5) is 77.1. The summed E-state index contributed by atoms with van der Waals surface area (Å²) >= 11 is 0. The average Bonchev–Trinajstić information content (AvgIpc) is 3.59. The van der Waals surface area contributed by atoms with Crippen LogP contribution in [-0.2, 0) is 13.1 Å². The van der Waals surface area contributed by atoms with Crippen molar-refractivity contribution in [3.8, 4) is 11.5 Å². The van der Waals surface area contributed by atoms with Crippen LogP contribution in [0.15, 0.2) is 70.5 Å². The van der Waals surface area contributed by atoms with Crippen molar-refractivity contribution in [2.45, 2.75) is 63.7 Å². The number of rotatable bonds is 6. The highest BCUT2D eigenvalue weighted by molar-refractivity contribution is 5.99. The molecule has 4 aliphatic heterocycles. The molecule has 4 aromatic rings. The Kier molecular flexibility index (Phi) is 12.7. The monoisotopic (exact) mass is 802 g/mol. The smallest absolute Gasteiger partial charge is 0.341 e. The molecule has 58 heavy (non-hydrogen) atoms. The molecular weight excluding hydrogens is 758 g/mol. The maximum atomic E-state index is 13.0. The molecule has 17 heteroatoms. The van der Waals surface area contributed by atoms with Crippen molar-refractivity contribution in [1.82, 2.24) is 24.3 Å². The first-order chi connectivity index (χ1) is 27.8. The van der Waals surface area contributed by atoms with Crippen LogP contribution >= 0.6 is 0 Å². The number of aromatic carboxylic acids is 1. The van der Waals surface area contributed by atoms with Gasteiger partial charge in [-0.1, -0.05) is 24.3 Å². The van der Waals surface area contributed by atoms with Gasteiger partial charge < -0.3 is 44.9 Å². The maximum absolute atomic E-state index is 13.0. The molecule has 8 rings (SSSR count). The minimum absolute atomic E-state index is 0.00667. The predicted molar refractivity (Wildman–Crippen MR) is 206 cm³/mol. The van der Waals surface area contributed by atoms with Gasteiger partial charge in [-0.25, -0.2) is 13.6 Å². The fourth-order valence-corrected chi connectivity index (χ4v) is 7.59. The van der Waals surface area contributed by atoms with Crippen LogP contribution in [0.4, 0.5) is 8.78 Å². The first-order valence-electron chi connectivity index (χ1n) is 18.9. The third-order valence-electron chi connectivity index (χ3n) is 10.7. The van der Waals surface area contributed by atoms with Crippen molar-refractivity contribution in [2.75, 3.05) is 33.3 Å². The topological polar surface area (TPSA) is 206 Å². The van der Waals surface area contributed by atoms with Crippen LogP contribution in [0.2, 0.25) is 0 Å². The first kappa shape index (κ1) is 41.3. The summed E-state index contributed by atoms with van der Waals surface area (Å²) in [5, 5.41) is 22.2. The number of aromatic hydroxyl groups is 1. The number of hydrogen-bond acceptors (Lipinski definition) is 9. The van der Waals surface area contributed by atoms with E-state index in [-0.39, 0.29) is 70.3 Å². The zero-order valence-electron chi connectivity index (χ0n) is 31.8. The number of halogens is 2. The van der Waals surface area contributed by atoms with Crippen LogP contribution in [0.3, 0.4) is 0 Å². The third-order valence-corrected chi connectivity index (χ3v) is 10.7. The molecule has 0 saturated carbocycles. The van der Waals surface area contributed by atoms with E-state index in [9.17, 15) is 42.7 Å². The molecule has 0 radical (unpaired) electrons. The number of carboxylic acid groups (broad SMARTS) is 1. The summed E-state index contributed by atoms with van der Waals surface area (Å²) in [6.07, 6.45) is 7.98. The first-order valence-corrected chi connectivity index (χ1v) is 18.9. The molecule has 6 heterocycles. The molecule has 2 fully saturated rings. The number of nitrogens with two attached hydrogens (primary N) is 1. The normalized spacial score (nSPS) is 17.9. The molecule has 5 N–H and O–H groups in total. The number of nitrogens with one attached hydrogen (secondary N) is 1. The zero-order chi connectivity index (χ0) is 41.7. The molecule has 15 nitrogen and oxygen atoms in total. The molecule has 0 spiro atoms. The van der Waals surface area contributed by atoms with Crippen LogP contribution in [-0.4, -0.2) is 86.1 Å². The Balaban J connectivity index is 0.000000165. The number of aromatic nitrogens is 2. The number of methoxy groups -OCH3 is 1. The zero-order valence-corrected chi connectivity index (χ0v) is 31.8. The number of ether oxygens (including phenoxy) is 1. The number of nitrogens with zero attached hydrogens (tertiary/aromatic N) is 4. The summed E-state index contributed by atoms with van der Waals surface area (Å²) in [5.41, 5.74) is 4.85. The van der Waals surface area contributed by atoms with Gasteiger partial charge in [-0.3, -0.25) is 24.0 Å². The van der Waals surface area contributed by atoms with Crippen molar-refractivity contribution in [3.05, 3.63) is 127 Å². The van der Waals surface area contributed by atoms with Gasteiger partial charge in [-0.05, 0) is 73.9 Å². The third kappa shape index (κ3) is 8.63. The van der Waals surface area contributed by atoms with E-state index in [0.717, 1.165) is 44.1 Å². The number of carbonyl (C=O) groups is 4. The molecule has 0 unspecified atom stereocenters. The van der Waals surface area contributed by atoms with Gasteiger partial charge in [0.1, 0.15) is 22.8 Å². The van der Waals surface area contributed by atoms with E-state index in [0.29, 0.717) is 38.3 Å². The molecule has 4 aliphatic rings. The van der Waals surface area contributed by atoms with Gasteiger partial charge >= 0.3 is 5.97 Å². The lowest BCUT2D eigenvalue weighted by atomic mass is 10.1. The van der Waals surface area contributed by atoms with Crippen molar-refractivity contribution < 1.29 is 42.9 Å². The van der Waals surface area contributed by atoms with Crippen LogP contribution in [0.25, 0.3) is 0 Å². The van der Waals surface area contributed by atoms with Crippen LogP contribution in [0, 0.1) is 11.6 Å². The lowest BCUT2D eigenvalue weighted by Gasteiger charge is -2.34. The second-order valence-corrected chi connectivity index (χ2v) is 14.4. The molecule has 3 amide bonds. The van der Waals surface area contributed by atoms with Crippen molar-refractivity contribution in [1.29, 1.82) is 0 Å². The predicted octanol–water partition coefficient (Wildman–Crippen LogP) is 3.82. The molecule has 2 aromatic carbocycles. The quantitative estimate of drug-likeness (QED) is 0.222. The SMILES string of the molecule is COc1c2n(cc(C(=O)O)c1=O)[C@H]1CCCCN(C1)C2=O.NCc1ccc(F)cc1.O=C(NCc1ccc(F)cc1)c1cn2c(c(O)c1=O)C(=O)N1CCCC[C@H]2C1. The highest BCUT2D eigenvalue weighted by atomic mass is 19.1. The van der Waals surface area contributed by atoms with Crippen LogP contribution in [0.1, 0.15) is 103 Å². The van der Waals surface area contributed by atoms with Gasteiger partial charge in [0, 0.05) is 51.7 Å². The number of hydrogen-bond donors (Lipinski definition) is 4. The Morgan fingerprint density at radius 3 is 1.78 bits per heavy atom. The lowest BCUT2D eigenvalue weighted by molar-refractivity contribution is 0.0658. The molecule has 2 aromatic heterocycles. The minimum atomic E-state index is -1.31. The number of carbonyl (C=O) groups excluding carboxylic acids is 3. The average molecular weight is 803 g/mol. The van der Waals surface area contributed by atoms with Gasteiger partial charge in [-0.15, -0.1) is 0 Å². The van der Waals surface area contributed by atoms with E-state index in [2.05, 4.69) is 5.32 Å². The van der Waals surface area contributed by atoms with E-state index in [1.807, 2.05) is 0 Å². The van der Waals surface area contributed by atoms with Crippen LogP contribution < -0.4 is 26.6 Å². The Morgan fingerprint density at radius 1 is 0.759 bits per heavy atom. The molecular formula is C41H44F2N6O9. The van der Waals surface area contributed by atoms with Gasteiger partial charge in [0.15, 0.2) is 22.9 Å². The Hall–Kier alpha value is -6.36. The van der Waals surface area contributed by atoms with Crippen molar-refractivity contribution in [2.24, 2.45) is 5.73 Å². The second kappa shape index (κ2) is 17.8. The van der Waals surface area contributed by atoms with Crippen molar-refractivity contribution in [3.63, 3.8) is 0 Å². The fraction of sp³-hybridized carbons (Fsp3) is 0.366. The summed E-state index contributed by atoms with van der Waals surface area (Å²) in [6.45, 7) is 2.90. The Morgan fingerprint density at radius 2 is 1.26 bits per heavy atom. The van der Waals surface area contributed by atoms with E-state index >= 15 is 0 Å².